The van der Waals surface area contributed by atoms with Crippen LogP contribution in [0.2, 0.25) is 0 Å². The van der Waals surface area contributed by atoms with Crippen LogP contribution in [0, 0.1) is 6.92 Å². The van der Waals surface area contributed by atoms with Gasteiger partial charge in [-0.1, -0.05) is 0 Å². The minimum Gasteiger partial charge on any atom is -0.350 e. The van der Waals surface area contributed by atoms with Gasteiger partial charge in [-0.15, -0.1) is 0 Å². The molecule has 1 aliphatic carbocycles. The maximum absolute atomic E-state index is 13.1. The maximum Gasteiger partial charge on any atom is 0.433 e. The SMILES string of the molecule is Cc1nc(S(=O)(=O)N2CCC(N(c3cc(C(F)(F)F)ncn3)C3CC3)CC2)cn1C. The van der Waals surface area contributed by atoms with E-state index in [-0.39, 0.29) is 36.0 Å². The van der Waals surface area contributed by atoms with E-state index in [0.717, 1.165) is 25.2 Å². The number of piperidine rings is 1. The van der Waals surface area contributed by atoms with Gasteiger partial charge in [-0.25, -0.2) is 23.4 Å². The number of halogens is 3. The van der Waals surface area contributed by atoms with Crippen molar-refractivity contribution < 1.29 is 21.6 Å². The number of aryl methyl sites for hydroxylation is 2. The van der Waals surface area contributed by atoms with Gasteiger partial charge in [0.2, 0.25) is 0 Å². The van der Waals surface area contributed by atoms with E-state index < -0.39 is 21.9 Å². The smallest absolute Gasteiger partial charge is 0.350 e. The van der Waals surface area contributed by atoms with Crippen molar-refractivity contribution in [2.45, 2.75) is 55.9 Å². The summed E-state index contributed by atoms with van der Waals surface area (Å²) in [4.78, 5) is 13.5. The molecule has 2 aromatic rings. The average Bonchev–Trinajstić information content (AvgIpc) is 3.46. The first kappa shape index (κ1) is 21.0. The molecule has 2 aliphatic rings. The minimum atomic E-state index is -4.54. The molecule has 0 unspecified atom stereocenters. The van der Waals surface area contributed by atoms with Crippen molar-refractivity contribution in [2.24, 2.45) is 7.05 Å². The molecule has 1 saturated carbocycles. The highest BCUT2D eigenvalue weighted by atomic mass is 32.2. The number of sulfonamides is 1. The second-order valence-corrected chi connectivity index (χ2v) is 9.65. The Labute approximate surface area is 172 Å². The number of imidazole rings is 1. The fourth-order valence-electron chi connectivity index (χ4n) is 3.81. The van der Waals surface area contributed by atoms with E-state index in [0.29, 0.717) is 18.7 Å². The zero-order chi connectivity index (χ0) is 21.7. The molecule has 0 N–H and O–H groups in total. The van der Waals surface area contributed by atoms with Crippen LogP contribution in [0.5, 0.6) is 0 Å². The Hall–Kier alpha value is -2.21. The summed E-state index contributed by atoms with van der Waals surface area (Å²) in [5, 5.41) is 0.0191. The lowest BCUT2D eigenvalue weighted by Gasteiger charge is -2.38. The van der Waals surface area contributed by atoms with E-state index in [1.165, 1.54) is 10.5 Å². The lowest BCUT2D eigenvalue weighted by atomic mass is 10.0. The molecule has 4 rings (SSSR count). The quantitative estimate of drug-likeness (QED) is 0.704. The summed E-state index contributed by atoms with van der Waals surface area (Å²) in [6.45, 7) is 2.29. The molecule has 2 fully saturated rings. The summed E-state index contributed by atoms with van der Waals surface area (Å²) in [5.41, 5.74) is -0.969. The normalized spacial score (nSPS) is 19.2. The molecule has 30 heavy (non-hydrogen) atoms. The molecule has 2 aromatic heterocycles. The van der Waals surface area contributed by atoms with Crippen molar-refractivity contribution in [3.63, 3.8) is 0 Å². The molecule has 0 aromatic carbocycles. The third kappa shape index (κ3) is 4.02. The molecule has 164 valence electrons. The van der Waals surface area contributed by atoms with Crippen LogP contribution in [0.1, 0.15) is 37.2 Å². The number of alkyl halides is 3. The van der Waals surface area contributed by atoms with Crippen LogP contribution in [0.3, 0.4) is 0 Å². The van der Waals surface area contributed by atoms with Crippen LogP contribution < -0.4 is 4.90 Å². The number of hydrogen-bond donors (Lipinski definition) is 0. The fourth-order valence-corrected chi connectivity index (χ4v) is 5.31. The Bertz CT molecular complexity index is 1010. The summed E-state index contributed by atoms with van der Waals surface area (Å²) >= 11 is 0. The third-order valence-corrected chi connectivity index (χ3v) is 7.43. The zero-order valence-corrected chi connectivity index (χ0v) is 17.5. The molecule has 8 nitrogen and oxygen atoms in total. The Morgan fingerprint density at radius 3 is 2.27 bits per heavy atom. The van der Waals surface area contributed by atoms with Gasteiger partial charge in [-0.2, -0.15) is 17.5 Å². The van der Waals surface area contributed by atoms with Gasteiger partial charge in [-0.3, -0.25) is 0 Å². The van der Waals surface area contributed by atoms with Gasteiger partial charge in [0.05, 0.1) is 0 Å². The number of anilines is 1. The third-order valence-electron chi connectivity index (χ3n) is 5.66. The number of rotatable bonds is 5. The van der Waals surface area contributed by atoms with Crippen molar-refractivity contribution in [1.29, 1.82) is 0 Å². The molecule has 0 atom stereocenters. The number of aromatic nitrogens is 4. The standard InChI is InChI=1S/C18H23F3N6O2S/c1-12-24-17(10-25(12)2)30(28,29)26-7-5-14(6-8-26)27(13-3-4-13)16-9-15(18(19,20)21)22-11-23-16/h9-11,13-14H,3-8H2,1-2H3. The molecular formula is C18H23F3N6O2S. The van der Waals surface area contributed by atoms with Crippen LogP contribution in [0.4, 0.5) is 19.0 Å². The van der Waals surface area contributed by atoms with Crippen molar-refractivity contribution in [2.75, 3.05) is 18.0 Å². The van der Waals surface area contributed by atoms with E-state index in [4.69, 9.17) is 0 Å². The predicted molar refractivity (Wildman–Crippen MR) is 102 cm³/mol. The highest BCUT2D eigenvalue weighted by Gasteiger charge is 2.40. The minimum absolute atomic E-state index is 0.0191. The monoisotopic (exact) mass is 444 g/mol. The summed E-state index contributed by atoms with van der Waals surface area (Å²) in [7, 11) is -1.97. The first-order valence-corrected chi connectivity index (χ1v) is 11.2. The second-order valence-electron chi connectivity index (χ2n) is 7.77. The Balaban J connectivity index is 1.51. The van der Waals surface area contributed by atoms with Crippen LogP contribution >= 0.6 is 0 Å². The molecule has 1 saturated heterocycles. The van der Waals surface area contributed by atoms with Crippen molar-refractivity contribution in [1.82, 2.24) is 23.8 Å². The molecule has 0 radical (unpaired) electrons. The second kappa shape index (κ2) is 7.49. The number of nitrogens with zero attached hydrogens (tertiary/aromatic N) is 6. The maximum atomic E-state index is 13.1. The average molecular weight is 444 g/mol. The summed E-state index contributed by atoms with van der Waals surface area (Å²) in [6.07, 6.45) is 0.683. The fraction of sp³-hybridized carbons (Fsp3) is 0.611. The van der Waals surface area contributed by atoms with Gasteiger partial charge >= 0.3 is 6.18 Å². The van der Waals surface area contributed by atoms with Gasteiger partial charge in [0.1, 0.15) is 23.7 Å². The van der Waals surface area contributed by atoms with Gasteiger partial charge in [0.15, 0.2) is 5.03 Å². The number of hydrogen-bond acceptors (Lipinski definition) is 6. The Kier molecular flexibility index (Phi) is 5.25. The Morgan fingerprint density at radius 2 is 1.73 bits per heavy atom. The van der Waals surface area contributed by atoms with E-state index in [2.05, 4.69) is 15.0 Å². The highest BCUT2D eigenvalue weighted by molar-refractivity contribution is 7.89. The zero-order valence-electron chi connectivity index (χ0n) is 16.7. The molecule has 0 spiro atoms. The molecule has 0 bridgehead atoms. The van der Waals surface area contributed by atoms with Crippen LogP contribution in [-0.2, 0) is 23.2 Å². The summed E-state index contributed by atoms with van der Waals surface area (Å²) < 4.78 is 68.1. The summed E-state index contributed by atoms with van der Waals surface area (Å²) in [6, 6.07) is 1.04. The van der Waals surface area contributed by atoms with Crippen LogP contribution in [0.15, 0.2) is 23.6 Å². The van der Waals surface area contributed by atoms with Crippen molar-refractivity contribution >= 4 is 15.8 Å². The Morgan fingerprint density at radius 1 is 1.10 bits per heavy atom. The van der Waals surface area contributed by atoms with E-state index in [9.17, 15) is 21.6 Å². The van der Waals surface area contributed by atoms with Gasteiger partial charge in [-0.05, 0) is 32.6 Å². The van der Waals surface area contributed by atoms with Crippen molar-refractivity contribution in [3.05, 3.63) is 30.1 Å². The first-order valence-electron chi connectivity index (χ1n) is 9.75. The van der Waals surface area contributed by atoms with Crippen molar-refractivity contribution in [3.8, 4) is 0 Å². The van der Waals surface area contributed by atoms with E-state index >= 15 is 0 Å². The lowest BCUT2D eigenvalue weighted by Crippen LogP contribution is -2.48. The van der Waals surface area contributed by atoms with Gasteiger partial charge in [0, 0.05) is 44.5 Å². The molecule has 1 aliphatic heterocycles. The molecule has 3 heterocycles. The van der Waals surface area contributed by atoms with Crippen LogP contribution in [0.25, 0.3) is 0 Å². The topological polar surface area (TPSA) is 84.2 Å². The predicted octanol–water partition coefficient (Wildman–Crippen LogP) is 2.36. The summed E-state index contributed by atoms with van der Waals surface area (Å²) in [5.74, 6) is 0.856. The van der Waals surface area contributed by atoms with Crippen LogP contribution in [-0.4, -0.2) is 57.4 Å². The van der Waals surface area contributed by atoms with Gasteiger partial charge in [0.25, 0.3) is 10.0 Å². The molecular weight excluding hydrogens is 421 g/mol. The lowest BCUT2D eigenvalue weighted by molar-refractivity contribution is -0.141. The first-order chi connectivity index (χ1) is 14.1. The largest absolute Gasteiger partial charge is 0.433 e. The van der Waals surface area contributed by atoms with Gasteiger partial charge < -0.3 is 9.47 Å². The molecule has 12 heteroatoms. The van der Waals surface area contributed by atoms with E-state index in [1.807, 2.05) is 4.90 Å². The highest BCUT2D eigenvalue weighted by Crippen LogP contribution is 2.37. The molecule has 0 amide bonds. The van der Waals surface area contributed by atoms with E-state index in [1.54, 1.807) is 18.5 Å².